The molecule has 1 amide bonds. The largest absolute Gasteiger partial charge is 0.319 e. The molecule has 2 unspecified atom stereocenters. The van der Waals surface area contributed by atoms with E-state index in [1.165, 1.54) is 0 Å². The Balaban J connectivity index is 2.26. The quantitative estimate of drug-likeness (QED) is 0.788. The van der Waals surface area contributed by atoms with Crippen molar-refractivity contribution in [3.8, 4) is 0 Å². The topological polar surface area (TPSA) is 32.3 Å². The van der Waals surface area contributed by atoms with E-state index >= 15 is 0 Å². The van der Waals surface area contributed by atoms with Crippen LogP contribution in [0.4, 0.5) is 0 Å². The van der Waals surface area contributed by atoms with E-state index in [9.17, 15) is 4.79 Å². The summed E-state index contributed by atoms with van der Waals surface area (Å²) in [7, 11) is 1.77. The number of aryl methyl sites for hydroxylation is 1. The molecule has 0 radical (unpaired) electrons. The number of halogens is 1. The molecule has 2 aromatic carbocycles. The van der Waals surface area contributed by atoms with E-state index in [1.54, 1.807) is 11.9 Å². The molecule has 3 nitrogen and oxygen atoms in total. The molecular formula is C17H17BrN2OS. The lowest BCUT2D eigenvalue weighted by molar-refractivity contribution is -0.130. The summed E-state index contributed by atoms with van der Waals surface area (Å²) in [5.74, 6) is -0.00352. The van der Waals surface area contributed by atoms with Crippen LogP contribution in [0.3, 0.4) is 0 Å². The highest BCUT2D eigenvalue weighted by Gasteiger charge is 2.51. The summed E-state index contributed by atoms with van der Waals surface area (Å²) in [5, 5.41) is 3.37. The van der Waals surface area contributed by atoms with Crippen molar-refractivity contribution in [2.24, 2.45) is 0 Å². The Morgan fingerprint density at radius 3 is 2.36 bits per heavy atom. The van der Waals surface area contributed by atoms with Crippen molar-refractivity contribution in [2.45, 2.75) is 18.0 Å². The molecule has 0 bridgehead atoms. The maximum atomic E-state index is 13.1. The molecule has 2 atom stereocenters. The van der Waals surface area contributed by atoms with Gasteiger partial charge in [0.25, 0.3) is 5.91 Å². The van der Waals surface area contributed by atoms with Gasteiger partial charge < -0.3 is 4.90 Å². The Hall–Kier alpha value is -1.30. The van der Waals surface area contributed by atoms with Crippen molar-refractivity contribution >= 4 is 34.5 Å². The first kappa shape index (κ1) is 15.6. The molecule has 0 aromatic heterocycles. The number of rotatable bonds is 2. The maximum Gasteiger partial charge on any atom is 0.253 e. The van der Waals surface area contributed by atoms with Gasteiger partial charge in [0, 0.05) is 11.5 Å². The number of hydrogen-bond acceptors (Lipinski definition) is 3. The van der Waals surface area contributed by atoms with Gasteiger partial charge >= 0.3 is 0 Å². The van der Waals surface area contributed by atoms with Crippen molar-refractivity contribution in [1.82, 2.24) is 10.2 Å². The average Bonchev–Trinajstić information content (AvgIpc) is 2.72. The second kappa shape index (κ2) is 5.72. The standard InChI is InChI=1S/C17H17BrN2OS/c1-11-5-3-6-12(9-11)17(13-7-4-8-14(18)10-13)15(21)20(2)16(22)19-17/h3-10,16,19,22H,1-2H3. The van der Waals surface area contributed by atoms with Crippen LogP contribution in [0.5, 0.6) is 0 Å². The Bertz CT molecular complexity index is 689. The molecule has 1 fully saturated rings. The number of carbonyl (C=O) groups is 1. The fourth-order valence-electron chi connectivity index (χ4n) is 2.91. The molecule has 22 heavy (non-hydrogen) atoms. The number of thiol groups is 1. The summed E-state index contributed by atoms with van der Waals surface area (Å²) >= 11 is 7.99. The number of amides is 1. The van der Waals surface area contributed by atoms with Gasteiger partial charge in [0.05, 0.1) is 0 Å². The molecular weight excluding hydrogens is 360 g/mol. The summed E-state index contributed by atoms with van der Waals surface area (Å²) < 4.78 is 0.942. The maximum absolute atomic E-state index is 13.1. The third-order valence-electron chi connectivity index (χ3n) is 4.06. The Morgan fingerprint density at radius 2 is 1.82 bits per heavy atom. The number of likely N-dealkylation sites (N-methyl/N-ethyl adjacent to an activating group) is 1. The number of carbonyl (C=O) groups excluding carboxylic acids is 1. The first-order valence-electron chi connectivity index (χ1n) is 7.01. The highest BCUT2D eigenvalue weighted by Crippen LogP contribution is 2.38. The Morgan fingerprint density at radius 1 is 1.18 bits per heavy atom. The van der Waals surface area contributed by atoms with Crippen LogP contribution in [-0.4, -0.2) is 23.4 Å². The van der Waals surface area contributed by atoms with Crippen LogP contribution >= 0.6 is 28.6 Å². The van der Waals surface area contributed by atoms with Crippen molar-refractivity contribution in [3.63, 3.8) is 0 Å². The molecule has 3 rings (SSSR count). The van der Waals surface area contributed by atoms with E-state index in [0.29, 0.717) is 0 Å². The van der Waals surface area contributed by atoms with Gasteiger partial charge in [-0.3, -0.25) is 10.1 Å². The molecule has 2 aromatic rings. The van der Waals surface area contributed by atoms with Crippen molar-refractivity contribution in [3.05, 3.63) is 69.7 Å². The smallest absolute Gasteiger partial charge is 0.253 e. The predicted octanol–water partition coefficient (Wildman–Crippen LogP) is 3.28. The number of nitrogens with zero attached hydrogens (tertiary/aromatic N) is 1. The van der Waals surface area contributed by atoms with Crippen molar-refractivity contribution < 1.29 is 4.79 Å². The summed E-state index contributed by atoms with van der Waals surface area (Å²) in [4.78, 5) is 14.7. The lowest BCUT2D eigenvalue weighted by Gasteiger charge is -2.29. The predicted molar refractivity (Wildman–Crippen MR) is 94.8 cm³/mol. The Kier molecular flexibility index (Phi) is 4.05. The first-order valence-corrected chi connectivity index (χ1v) is 8.32. The summed E-state index contributed by atoms with van der Waals surface area (Å²) in [6, 6.07) is 15.9. The molecule has 1 aliphatic heterocycles. The van der Waals surface area contributed by atoms with E-state index in [2.05, 4.69) is 33.9 Å². The average molecular weight is 377 g/mol. The van der Waals surface area contributed by atoms with E-state index in [1.807, 2.05) is 55.5 Å². The highest BCUT2D eigenvalue weighted by atomic mass is 79.9. The van der Waals surface area contributed by atoms with E-state index < -0.39 is 5.54 Å². The van der Waals surface area contributed by atoms with Crippen LogP contribution in [0, 0.1) is 6.92 Å². The first-order chi connectivity index (χ1) is 10.4. The van der Waals surface area contributed by atoms with Gasteiger partial charge in [0.1, 0.15) is 5.50 Å². The molecule has 0 saturated carbocycles. The minimum Gasteiger partial charge on any atom is -0.319 e. The second-order valence-electron chi connectivity index (χ2n) is 5.56. The minimum absolute atomic E-state index is 0.00352. The third-order valence-corrected chi connectivity index (χ3v) is 5.03. The second-order valence-corrected chi connectivity index (χ2v) is 6.97. The van der Waals surface area contributed by atoms with Crippen molar-refractivity contribution in [1.29, 1.82) is 0 Å². The summed E-state index contributed by atoms with van der Waals surface area (Å²) in [6.07, 6.45) is 0. The molecule has 114 valence electrons. The molecule has 1 heterocycles. The zero-order valence-electron chi connectivity index (χ0n) is 12.4. The highest BCUT2D eigenvalue weighted by molar-refractivity contribution is 9.10. The zero-order chi connectivity index (χ0) is 15.9. The summed E-state index contributed by atoms with van der Waals surface area (Å²) in [5.41, 5.74) is 1.72. The molecule has 1 saturated heterocycles. The zero-order valence-corrected chi connectivity index (χ0v) is 14.9. The Labute approximate surface area is 144 Å². The minimum atomic E-state index is -0.906. The van der Waals surface area contributed by atoms with Crippen LogP contribution < -0.4 is 5.32 Å². The number of nitrogens with one attached hydrogen (secondary N) is 1. The van der Waals surface area contributed by atoms with Crippen LogP contribution in [0.25, 0.3) is 0 Å². The van der Waals surface area contributed by atoms with Gasteiger partial charge in [-0.1, -0.05) is 57.9 Å². The molecule has 0 spiro atoms. The number of benzene rings is 2. The van der Waals surface area contributed by atoms with Gasteiger partial charge in [-0.05, 0) is 30.2 Å². The molecule has 1 N–H and O–H groups in total. The van der Waals surface area contributed by atoms with Crippen LogP contribution in [-0.2, 0) is 10.3 Å². The van der Waals surface area contributed by atoms with E-state index in [0.717, 1.165) is 21.2 Å². The molecule has 1 aliphatic rings. The van der Waals surface area contributed by atoms with Gasteiger partial charge in [0.15, 0.2) is 5.54 Å². The van der Waals surface area contributed by atoms with E-state index in [4.69, 9.17) is 0 Å². The third kappa shape index (κ3) is 2.37. The lowest BCUT2D eigenvalue weighted by Crippen LogP contribution is -2.45. The van der Waals surface area contributed by atoms with Crippen LogP contribution in [0.2, 0.25) is 0 Å². The van der Waals surface area contributed by atoms with Crippen LogP contribution in [0.15, 0.2) is 53.0 Å². The van der Waals surface area contributed by atoms with E-state index in [-0.39, 0.29) is 11.4 Å². The fourth-order valence-corrected chi connectivity index (χ4v) is 3.61. The lowest BCUT2D eigenvalue weighted by atomic mass is 9.82. The molecule has 5 heteroatoms. The van der Waals surface area contributed by atoms with Gasteiger partial charge in [-0.2, -0.15) is 0 Å². The van der Waals surface area contributed by atoms with Crippen molar-refractivity contribution in [2.75, 3.05) is 7.05 Å². The number of hydrogen-bond donors (Lipinski definition) is 2. The molecule has 0 aliphatic carbocycles. The van der Waals surface area contributed by atoms with Gasteiger partial charge in [-0.25, -0.2) is 0 Å². The van der Waals surface area contributed by atoms with Gasteiger partial charge in [-0.15, -0.1) is 12.6 Å². The SMILES string of the molecule is Cc1cccc(C2(c3cccc(Br)c3)NC(S)N(C)C2=O)c1. The monoisotopic (exact) mass is 376 g/mol. The van der Waals surface area contributed by atoms with Gasteiger partial charge in [0.2, 0.25) is 0 Å². The van der Waals surface area contributed by atoms with Crippen LogP contribution in [0.1, 0.15) is 16.7 Å². The summed E-state index contributed by atoms with van der Waals surface area (Å²) in [6.45, 7) is 2.03. The normalized spacial score (nSPS) is 24.8. The fraction of sp³-hybridized carbons (Fsp3) is 0.235.